The van der Waals surface area contributed by atoms with Crippen LogP contribution in [0.2, 0.25) is 5.02 Å². The number of nitro benzene ring substituents is 1. The van der Waals surface area contributed by atoms with Gasteiger partial charge in [0.25, 0.3) is 15.7 Å². The van der Waals surface area contributed by atoms with Gasteiger partial charge < -0.3 is 0 Å². The third-order valence-corrected chi connectivity index (χ3v) is 5.61. The summed E-state index contributed by atoms with van der Waals surface area (Å²) in [6.07, 6.45) is 1.42. The standard InChI is InChI=1S/C16H15ClN2O4S/c1-3-10-18(15-7-5-4-6-14(15)17)24(22,23)16-11-13(19(20)21)9-8-12(16)2/h3-9,11H,1,10H2,2H3. The second-order valence-electron chi connectivity index (χ2n) is 4.98. The van der Waals surface area contributed by atoms with Gasteiger partial charge in [0.2, 0.25) is 0 Å². The number of para-hydroxylation sites is 1. The van der Waals surface area contributed by atoms with E-state index in [4.69, 9.17) is 11.6 Å². The van der Waals surface area contributed by atoms with Crippen LogP contribution >= 0.6 is 11.6 Å². The summed E-state index contributed by atoms with van der Waals surface area (Å²) in [4.78, 5) is 10.2. The lowest BCUT2D eigenvalue weighted by molar-refractivity contribution is -0.385. The average Bonchev–Trinajstić information content (AvgIpc) is 2.53. The first-order valence-corrected chi connectivity index (χ1v) is 8.74. The minimum absolute atomic E-state index is 0.0196. The van der Waals surface area contributed by atoms with Crippen molar-refractivity contribution in [1.29, 1.82) is 0 Å². The molecule has 2 aromatic rings. The van der Waals surface area contributed by atoms with Gasteiger partial charge in [-0.25, -0.2) is 8.42 Å². The maximum atomic E-state index is 13.1. The Morgan fingerprint density at radius 2 is 1.96 bits per heavy atom. The van der Waals surface area contributed by atoms with E-state index in [1.807, 2.05) is 0 Å². The van der Waals surface area contributed by atoms with Gasteiger partial charge in [-0.2, -0.15) is 0 Å². The Bertz CT molecular complexity index is 897. The molecule has 0 heterocycles. The van der Waals surface area contributed by atoms with Gasteiger partial charge in [-0.05, 0) is 24.6 Å². The quantitative estimate of drug-likeness (QED) is 0.440. The molecule has 0 aliphatic heterocycles. The van der Waals surface area contributed by atoms with Crippen LogP contribution in [-0.2, 0) is 10.0 Å². The van der Waals surface area contributed by atoms with E-state index in [-0.39, 0.29) is 27.8 Å². The summed E-state index contributed by atoms with van der Waals surface area (Å²) in [7, 11) is -4.05. The zero-order valence-corrected chi connectivity index (χ0v) is 14.4. The van der Waals surface area contributed by atoms with E-state index >= 15 is 0 Å². The molecule has 0 fully saturated rings. The lowest BCUT2D eigenvalue weighted by Crippen LogP contribution is -2.32. The van der Waals surface area contributed by atoms with Crippen LogP contribution in [-0.4, -0.2) is 19.9 Å². The highest BCUT2D eigenvalue weighted by atomic mass is 35.5. The number of rotatable bonds is 6. The molecule has 0 bridgehead atoms. The Hall–Kier alpha value is -2.38. The molecule has 0 aliphatic carbocycles. The van der Waals surface area contributed by atoms with E-state index in [9.17, 15) is 18.5 Å². The minimum Gasteiger partial charge on any atom is -0.261 e. The van der Waals surface area contributed by atoms with E-state index in [2.05, 4.69) is 6.58 Å². The van der Waals surface area contributed by atoms with Gasteiger partial charge in [0.15, 0.2) is 0 Å². The van der Waals surface area contributed by atoms with Crippen LogP contribution in [0.4, 0.5) is 11.4 Å². The highest BCUT2D eigenvalue weighted by molar-refractivity contribution is 7.93. The molecule has 0 atom stereocenters. The number of nitro groups is 1. The summed E-state index contributed by atoms with van der Waals surface area (Å²) in [6, 6.07) is 10.2. The first kappa shape index (κ1) is 18.0. The third-order valence-electron chi connectivity index (χ3n) is 3.37. The molecule has 2 aromatic carbocycles. The molecule has 0 N–H and O–H groups in total. The van der Waals surface area contributed by atoms with Crippen molar-refractivity contribution in [3.8, 4) is 0 Å². The van der Waals surface area contributed by atoms with Crippen molar-refractivity contribution in [2.24, 2.45) is 0 Å². The van der Waals surface area contributed by atoms with Gasteiger partial charge >= 0.3 is 0 Å². The normalized spacial score (nSPS) is 11.1. The molecule has 0 aromatic heterocycles. The molecule has 0 aliphatic rings. The number of hydrogen-bond acceptors (Lipinski definition) is 4. The monoisotopic (exact) mass is 366 g/mol. The van der Waals surface area contributed by atoms with Crippen LogP contribution in [0.3, 0.4) is 0 Å². The Morgan fingerprint density at radius 1 is 1.29 bits per heavy atom. The minimum atomic E-state index is -4.05. The van der Waals surface area contributed by atoms with Crippen molar-refractivity contribution in [3.05, 3.63) is 75.8 Å². The average molecular weight is 367 g/mol. The van der Waals surface area contributed by atoms with Gasteiger partial charge in [-0.1, -0.05) is 35.9 Å². The second-order valence-corrected chi connectivity index (χ2v) is 7.22. The first-order chi connectivity index (χ1) is 11.3. The number of sulfonamides is 1. The third kappa shape index (κ3) is 3.42. The first-order valence-electron chi connectivity index (χ1n) is 6.92. The van der Waals surface area contributed by atoms with Crippen molar-refractivity contribution in [1.82, 2.24) is 0 Å². The van der Waals surface area contributed by atoms with Crippen LogP contribution in [0.1, 0.15) is 5.56 Å². The van der Waals surface area contributed by atoms with Crippen LogP contribution in [0.25, 0.3) is 0 Å². The summed E-state index contributed by atoms with van der Waals surface area (Å²) in [5.41, 5.74) is 0.392. The molecule has 24 heavy (non-hydrogen) atoms. The van der Waals surface area contributed by atoms with Crippen LogP contribution in [0.15, 0.2) is 60.0 Å². The highest BCUT2D eigenvalue weighted by Gasteiger charge is 2.28. The van der Waals surface area contributed by atoms with E-state index in [1.165, 1.54) is 18.2 Å². The Balaban J connectivity index is 2.66. The molecule has 0 saturated carbocycles. The molecular weight excluding hydrogens is 352 g/mol. The molecule has 0 unspecified atom stereocenters. The van der Waals surface area contributed by atoms with Crippen LogP contribution in [0.5, 0.6) is 0 Å². The molecule has 6 nitrogen and oxygen atoms in total. The Kier molecular flexibility index (Phi) is 5.26. The molecule has 126 valence electrons. The number of halogens is 1. The fourth-order valence-electron chi connectivity index (χ4n) is 2.20. The van der Waals surface area contributed by atoms with Gasteiger partial charge in [0, 0.05) is 12.1 Å². The number of nitrogens with zero attached hydrogens (tertiary/aromatic N) is 2. The van der Waals surface area contributed by atoms with E-state index in [0.717, 1.165) is 10.4 Å². The molecule has 0 spiro atoms. The summed E-state index contributed by atoms with van der Waals surface area (Å²) >= 11 is 6.12. The predicted molar refractivity (Wildman–Crippen MR) is 94.0 cm³/mol. The topological polar surface area (TPSA) is 80.5 Å². The zero-order valence-electron chi connectivity index (χ0n) is 12.8. The summed E-state index contributed by atoms with van der Waals surface area (Å²) in [5.74, 6) is 0. The van der Waals surface area contributed by atoms with Gasteiger partial charge in [0.05, 0.1) is 27.1 Å². The maximum absolute atomic E-state index is 13.1. The Morgan fingerprint density at radius 3 is 2.54 bits per heavy atom. The maximum Gasteiger partial charge on any atom is 0.270 e. The van der Waals surface area contributed by atoms with E-state index in [0.29, 0.717) is 5.56 Å². The van der Waals surface area contributed by atoms with Crippen molar-refractivity contribution in [2.45, 2.75) is 11.8 Å². The second kappa shape index (κ2) is 7.02. The Labute approximate surface area is 145 Å². The van der Waals surface area contributed by atoms with Crippen molar-refractivity contribution < 1.29 is 13.3 Å². The molecule has 0 amide bonds. The fourth-order valence-corrected chi connectivity index (χ4v) is 4.19. The number of benzene rings is 2. The SMILES string of the molecule is C=CCN(c1ccccc1Cl)S(=O)(=O)c1cc([N+](=O)[O-])ccc1C. The predicted octanol–water partition coefficient (Wildman–Crippen LogP) is 3.94. The summed E-state index contributed by atoms with van der Waals surface area (Å²) in [5, 5.41) is 11.2. The molecule has 8 heteroatoms. The molecule has 2 rings (SSSR count). The van der Waals surface area contributed by atoms with Crippen LogP contribution < -0.4 is 4.31 Å². The highest BCUT2D eigenvalue weighted by Crippen LogP contribution is 2.32. The molecular formula is C16H15ClN2O4S. The zero-order chi connectivity index (χ0) is 17.9. The van der Waals surface area contributed by atoms with Crippen molar-refractivity contribution >= 4 is 33.0 Å². The lowest BCUT2D eigenvalue weighted by atomic mass is 10.2. The van der Waals surface area contributed by atoms with E-state index in [1.54, 1.807) is 31.2 Å². The largest absolute Gasteiger partial charge is 0.270 e. The van der Waals surface area contributed by atoms with E-state index < -0.39 is 14.9 Å². The van der Waals surface area contributed by atoms with Gasteiger partial charge in [-0.15, -0.1) is 6.58 Å². The number of hydrogen-bond donors (Lipinski definition) is 0. The lowest BCUT2D eigenvalue weighted by Gasteiger charge is -2.24. The number of aryl methyl sites for hydroxylation is 1. The van der Waals surface area contributed by atoms with Crippen molar-refractivity contribution in [2.75, 3.05) is 10.8 Å². The molecule has 0 radical (unpaired) electrons. The summed E-state index contributed by atoms with van der Waals surface area (Å²) < 4.78 is 27.2. The van der Waals surface area contributed by atoms with Crippen LogP contribution in [0, 0.1) is 17.0 Å². The smallest absolute Gasteiger partial charge is 0.261 e. The van der Waals surface area contributed by atoms with Gasteiger partial charge in [0.1, 0.15) is 0 Å². The van der Waals surface area contributed by atoms with Gasteiger partial charge in [-0.3, -0.25) is 14.4 Å². The fraction of sp³-hybridized carbons (Fsp3) is 0.125. The number of non-ortho nitro benzene ring substituents is 1. The number of anilines is 1. The van der Waals surface area contributed by atoms with Crippen molar-refractivity contribution in [3.63, 3.8) is 0 Å². The molecule has 0 saturated heterocycles. The summed E-state index contributed by atoms with van der Waals surface area (Å²) in [6.45, 7) is 5.13.